The Morgan fingerprint density at radius 3 is 2.55 bits per heavy atom. The Balaban J connectivity index is 1.74. The van der Waals surface area contributed by atoms with Crippen LogP contribution < -0.4 is 14.8 Å². The molecule has 0 amide bonds. The molecule has 0 saturated carbocycles. The number of hydrogen-bond donors (Lipinski definition) is 2. The van der Waals surface area contributed by atoms with Crippen LogP contribution in [0.4, 0.5) is 0 Å². The number of H-pyrrole nitrogens is 1. The first kappa shape index (κ1) is 22.7. The van der Waals surface area contributed by atoms with Crippen LogP contribution in [0.2, 0.25) is 0 Å². The second-order valence-corrected chi connectivity index (χ2v) is 8.31. The van der Waals surface area contributed by atoms with E-state index in [1.54, 1.807) is 20.8 Å². The fourth-order valence-electron chi connectivity index (χ4n) is 3.46. The van der Waals surface area contributed by atoms with Crippen molar-refractivity contribution >= 4 is 11.9 Å². The van der Waals surface area contributed by atoms with Gasteiger partial charge < -0.3 is 29.2 Å². The van der Waals surface area contributed by atoms with Crippen molar-refractivity contribution in [2.75, 3.05) is 20.3 Å². The number of aromatic nitrogens is 1. The summed E-state index contributed by atoms with van der Waals surface area (Å²) in [5.74, 6) is 0.439. The minimum atomic E-state index is -0.647. The number of aromatic amines is 1. The summed E-state index contributed by atoms with van der Waals surface area (Å²) in [5, 5.41) is 3.28. The topological polar surface area (TPSA) is 98.9 Å². The van der Waals surface area contributed by atoms with E-state index in [0.717, 1.165) is 5.75 Å². The number of methoxy groups -OCH3 is 1. The maximum atomic E-state index is 12.7. The minimum Gasteiger partial charge on any atom is -0.486 e. The van der Waals surface area contributed by atoms with E-state index in [2.05, 4.69) is 10.3 Å². The molecule has 8 nitrogen and oxygen atoms in total. The highest BCUT2D eigenvalue weighted by Gasteiger charge is 2.29. The van der Waals surface area contributed by atoms with Crippen molar-refractivity contribution in [2.24, 2.45) is 0 Å². The summed E-state index contributed by atoms with van der Waals surface area (Å²) in [4.78, 5) is 28.2. The van der Waals surface area contributed by atoms with Gasteiger partial charge in [-0.2, -0.15) is 0 Å². The second kappa shape index (κ2) is 9.43. The molecule has 1 aromatic heterocycles. The molecule has 0 fully saturated rings. The number of hydrogen-bond acceptors (Lipinski definition) is 7. The van der Waals surface area contributed by atoms with Crippen LogP contribution in [-0.2, 0) is 22.4 Å². The smallest absolute Gasteiger partial charge is 0.355 e. The van der Waals surface area contributed by atoms with Crippen molar-refractivity contribution in [3.63, 3.8) is 0 Å². The first-order valence-electron chi connectivity index (χ1n) is 10.4. The van der Waals surface area contributed by atoms with Gasteiger partial charge in [-0.25, -0.2) is 9.59 Å². The fraction of sp³-hybridized carbons (Fsp3) is 0.478. The Labute approximate surface area is 182 Å². The van der Waals surface area contributed by atoms with E-state index < -0.39 is 17.5 Å². The van der Waals surface area contributed by atoms with Crippen molar-refractivity contribution in [1.29, 1.82) is 0 Å². The Bertz CT molecular complexity index is 944. The molecular weight excluding hydrogens is 400 g/mol. The van der Waals surface area contributed by atoms with Crippen molar-refractivity contribution < 1.29 is 28.5 Å². The zero-order chi connectivity index (χ0) is 22.6. The summed E-state index contributed by atoms with van der Waals surface area (Å²) in [6.45, 7) is 8.51. The van der Waals surface area contributed by atoms with Crippen LogP contribution in [0.3, 0.4) is 0 Å². The highest BCUT2D eigenvalue weighted by molar-refractivity contribution is 5.98. The number of carbonyl (C=O) groups is 2. The summed E-state index contributed by atoms with van der Waals surface area (Å²) in [7, 11) is 1.32. The summed E-state index contributed by atoms with van der Waals surface area (Å²) < 4.78 is 22.1. The zero-order valence-corrected chi connectivity index (χ0v) is 18.7. The molecular formula is C23H30N2O6. The van der Waals surface area contributed by atoms with Crippen LogP contribution in [0.15, 0.2) is 24.3 Å². The molecule has 1 atom stereocenters. The van der Waals surface area contributed by atoms with Crippen LogP contribution >= 0.6 is 0 Å². The maximum absolute atomic E-state index is 12.7. The SMILES string of the molecule is CCc1c(C(=O)OC(C)(C)C)[nH]c(CNCC2COc3ccccc3O2)c1C(=O)OC. The molecule has 0 aliphatic carbocycles. The van der Waals surface area contributed by atoms with Gasteiger partial charge in [0, 0.05) is 18.8 Å². The number of esters is 2. The van der Waals surface area contributed by atoms with Crippen molar-refractivity contribution in [2.45, 2.75) is 52.4 Å². The van der Waals surface area contributed by atoms with Gasteiger partial charge in [0.25, 0.3) is 0 Å². The van der Waals surface area contributed by atoms with Gasteiger partial charge in [0.15, 0.2) is 11.5 Å². The molecule has 2 N–H and O–H groups in total. The summed E-state index contributed by atoms with van der Waals surface area (Å²) >= 11 is 0. The Kier molecular flexibility index (Phi) is 6.90. The highest BCUT2D eigenvalue weighted by atomic mass is 16.6. The quantitative estimate of drug-likeness (QED) is 0.651. The van der Waals surface area contributed by atoms with Crippen LogP contribution in [0.5, 0.6) is 11.5 Å². The number of fused-ring (bicyclic) bond motifs is 1. The number of benzene rings is 1. The molecule has 1 unspecified atom stereocenters. The van der Waals surface area contributed by atoms with Crippen molar-refractivity contribution in [1.82, 2.24) is 10.3 Å². The minimum absolute atomic E-state index is 0.178. The van der Waals surface area contributed by atoms with Gasteiger partial charge in [-0.15, -0.1) is 0 Å². The Hall–Kier alpha value is -3.00. The number of nitrogens with one attached hydrogen (secondary N) is 2. The van der Waals surface area contributed by atoms with Gasteiger partial charge in [0.1, 0.15) is 24.0 Å². The third-order valence-corrected chi connectivity index (χ3v) is 4.77. The van der Waals surface area contributed by atoms with Crippen LogP contribution in [0, 0.1) is 0 Å². The first-order valence-corrected chi connectivity index (χ1v) is 10.4. The van der Waals surface area contributed by atoms with E-state index >= 15 is 0 Å². The monoisotopic (exact) mass is 430 g/mol. The molecule has 1 aliphatic rings. The summed E-state index contributed by atoms with van der Waals surface area (Å²) in [6.07, 6.45) is 0.300. The van der Waals surface area contributed by atoms with E-state index in [-0.39, 0.29) is 11.8 Å². The standard InChI is InChI=1S/C23H30N2O6/c1-6-15-19(21(26)28-5)16(25-20(15)22(27)31-23(2,3)4)12-24-11-14-13-29-17-9-7-8-10-18(17)30-14/h7-10,14,24-25H,6,11-13H2,1-5H3. The van der Waals surface area contributed by atoms with E-state index in [0.29, 0.717) is 48.7 Å². The molecule has 2 aromatic rings. The number of carbonyl (C=O) groups excluding carboxylic acids is 2. The predicted octanol–water partition coefficient (Wildman–Crippen LogP) is 3.25. The third-order valence-electron chi connectivity index (χ3n) is 4.77. The lowest BCUT2D eigenvalue weighted by Crippen LogP contribution is -2.38. The van der Waals surface area contributed by atoms with Gasteiger partial charge in [0.2, 0.25) is 0 Å². The molecule has 0 saturated heterocycles. The highest BCUT2D eigenvalue weighted by Crippen LogP contribution is 2.30. The molecule has 3 rings (SSSR count). The Morgan fingerprint density at radius 1 is 1.19 bits per heavy atom. The van der Waals surface area contributed by atoms with Gasteiger partial charge in [-0.1, -0.05) is 19.1 Å². The molecule has 2 heterocycles. The average molecular weight is 431 g/mol. The normalized spacial score (nSPS) is 15.5. The molecule has 8 heteroatoms. The molecule has 168 valence electrons. The van der Waals surface area contributed by atoms with Crippen molar-refractivity contribution in [3.8, 4) is 11.5 Å². The maximum Gasteiger partial charge on any atom is 0.355 e. The third kappa shape index (κ3) is 5.38. The molecule has 1 aliphatic heterocycles. The number of ether oxygens (including phenoxy) is 4. The van der Waals surface area contributed by atoms with Crippen LogP contribution in [0.25, 0.3) is 0 Å². The van der Waals surface area contributed by atoms with Crippen molar-refractivity contribution in [3.05, 3.63) is 46.8 Å². The van der Waals surface area contributed by atoms with E-state index in [1.165, 1.54) is 7.11 Å². The summed E-state index contributed by atoms with van der Waals surface area (Å²) in [6, 6.07) is 7.52. The van der Waals surface area contributed by atoms with Crippen LogP contribution in [-0.4, -0.2) is 48.9 Å². The summed E-state index contributed by atoms with van der Waals surface area (Å²) in [5.41, 5.74) is 1.15. The van der Waals surface area contributed by atoms with Gasteiger partial charge in [-0.05, 0) is 44.9 Å². The zero-order valence-electron chi connectivity index (χ0n) is 18.7. The first-order chi connectivity index (χ1) is 14.7. The molecule has 1 aromatic carbocycles. The molecule has 0 radical (unpaired) electrons. The number of para-hydroxylation sites is 2. The molecule has 0 bridgehead atoms. The largest absolute Gasteiger partial charge is 0.486 e. The van der Waals surface area contributed by atoms with Gasteiger partial charge in [0.05, 0.1) is 12.7 Å². The van der Waals surface area contributed by atoms with Gasteiger partial charge in [-0.3, -0.25) is 0 Å². The second-order valence-electron chi connectivity index (χ2n) is 8.31. The molecule has 0 spiro atoms. The lowest BCUT2D eigenvalue weighted by molar-refractivity contribution is 0.00621. The van der Waals surface area contributed by atoms with Gasteiger partial charge >= 0.3 is 11.9 Å². The van der Waals surface area contributed by atoms with E-state index in [4.69, 9.17) is 18.9 Å². The predicted molar refractivity (Wildman–Crippen MR) is 115 cm³/mol. The average Bonchev–Trinajstić information content (AvgIpc) is 3.10. The van der Waals surface area contributed by atoms with E-state index in [1.807, 2.05) is 31.2 Å². The fourth-order valence-corrected chi connectivity index (χ4v) is 3.46. The van der Waals surface area contributed by atoms with Crippen LogP contribution in [0.1, 0.15) is 59.8 Å². The molecule has 31 heavy (non-hydrogen) atoms. The Morgan fingerprint density at radius 2 is 1.90 bits per heavy atom. The van der Waals surface area contributed by atoms with E-state index in [9.17, 15) is 9.59 Å². The lowest BCUT2D eigenvalue weighted by Gasteiger charge is -2.26. The lowest BCUT2D eigenvalue weighted by atomic mass is 10.1. The number of rotatable bonds is 7.